The number of hydrogen-bond acceptors (Lipinski definition) is 6. The Bertz CT molecular complexity index is 1240. The van der Waals surface area contributed by atoms with E-state index in [1.807, 2.05) is 0 Å². The lowest BCUT2D eigenvalue weighted by Crippen LogP contribution is -2.35. The summed E-state index contributed by atoms with van der Waals surface area (Å²) in [4.78, 5) is 24.7. The molecule has 2 heterocycles. The van der Waals surface area contributed by atoms with Gasteiger partial charge >= 0.3 is 5.97 Å². The Labute approximate surface area is 184 Å². The van der Waals surface area contributed by atoms with E-state index in [1.165, 1.54) is 28.8 Å². The average Bonchev–Trinajstić information content (AvgIpc) is 3.34. The van der Waals surface area contributed by atoms with Gasteiger partial charge < -0.3 is 10.1 Å². The summed E-state index contributed by atoms with van der Waals surface area (Å²) in [6.07, 6.45) is 1.38. The van der Waals surface area contributed by atoms with E-state index in [0.717, 1.165) is 5.56 Å². The molecule has 0 aliphatic carbocycles. The highest BCUT2D eigenvalue weighted by Gasteiger charge is 2.30. The van der Waals surface area contributed by atoms with Gasteiger partial charge in [0.1, 0.15) is 4.21 Å². The van der Waals surface area contributed by atoms with Crippen LogP contribution in [-0.4, -0.2) is 33.9 Å². The zero-order valence-electron chi connectivity index (χ0n) is 16.7. The standard InChI is InChI=1S/C22H20N2O5S2/c1-29-22(26)18-8-3-2-7-17(18)21(25)23-16-10-11-19-15(14-16)6-4-12-24(19)31(27,28)20-9-5-13-30-20/h2-3,5,7-11,13-14H,4,6,12H2,1H3,(H,23,25). The first-order valence-corrected chi connectivity index (χ1v) is 11.9. The number of carbonyl (C=O) groups is 2. The minimum absolute atomic E-state index is 0.175. The van der Waals surface area contributed by atoms with Gasteiger partial charge in [-0.25, -0.2) is 13.2 Å². The van der Waals surface area contributed by atoms with E-state index in [9.17, 15) is 18.0 Å². The molecule has 1 N–H and O–H groups in total. The first-order chi connectivity index (χ1) is 14.9. The molecule has 0 bridgehead atoms. The molecular formula is C22H20N2O5S2. The van der Waals surface area contributed by atoms with Crippen LogP contribution in [0, 0.1) is 0 Å². The molecule has 1 aromatic heterocycles. The summed E-state index contributed by atoms with van der Waals surface area (Å²) in [5.41, 5.74) is 2.36. The molecule has 0 unspecified atom stereocenters. The molecule has 160 valence electrons. The molecule has 1 aliphatic heterocycles. The third-order valence-corrected chi connectivity index (χ3v) is 8.22. The lowest BCUT2D eigenvalue weighted by molar-refractivity contribution is 0.0597. The fourth-order valence-corrected chi connectivity index (χ4v) is 6.22. The number of nitrogens with zero attached hydrogens (tertiary/aromatic N) is 1. The lowest BCUT2D eigenvalue weighted by atomic mass is 10.0. The number of sulfonamides is 1. The number of anilines is 2. The van der Waals surface area contributed by atoms with Gasteiger partial charge in [-0.05, 0) is 60.2 Å². The molecular weight excluding hydrogens is 436 g/mol. The van der Waals surface area contributed by atoms with E-state index in [1.54, 1.807) is 53.9 Å². The number of methoxy groups -OCH3 is 1. The van der Waals surface area contributed by atoms with Crippen molar-refractivity contribution in [2.24, 2.45) is 0 Å². The SMILES string of the molecule is COC(=O)c1ccccc1C(=O)Nc1ccc2c(c1)CCCN2S(=O)(=O)c1cccs1. The zero-order chi connectivity index (χ0) is 22.0. The van der Waals surface area contributed by atoms with E-state index in [0.29, 0.717) is 35.0 Å². The molecule has 0 atom stereocenters. The van der Waals surface area contributed by atoms with Crippen molar-refractivity contribution in [3.8, 4) is 0 Å². The highest BCUT2D eigenvalue weighted by Crippen LogP contribution is 2.35. The van der Waals surface area contributed by atoms with Crippen molar-refractivity contribution in [1.29, 1.82) is 0 Å². The van der Waals surface area contributed by atoms with Gasteiger partial charge in [-0.1, -0.05) is 18.2 Å². The van der Waals surface area contributed by atoms with Gasteiger partial charge in [-0.3, -0.25) is 9.10 Å². The van der Waals surface area contributed by atoms with Crippen LogP contribution < -0.4 is 9.62 Å². The Morgan fingerprint density at radius 2 is 1.84 bits per heavy atom. The molecule has 0 saturated carbocycles. The number of benzene rings is 2. The van der Waals surface area contributed by atoms with Crippen LogP contribution in [0.1, 0.15) is 32.7 Å². The predicted molar refractivity (Wildman–Crippen MR) is 119 cm³/mol. The summed E-state index contributed by atoms with van der Waals surface area (Å²) in [7, 11) is -2.36. The van der Waals surface area contributed by atoms with Crippen molar-refractivity contribution in [3.63, 3.8) is 0 Å². The Morgan fingerprint density at radius 1 is 1.06 bits per heavy atom. The second-order valence-corrected chi connectivity index (χ2v) is 9.98. The van der Waals surface area contributed by atoms with Crippen LogP contribution >= 0.6 is 11.3 Å². The van der Waals surface area contributed by atoms with Crippen molar-refractivity contribution in [3.05, 3.63) is 76.7 Å². The molecule has 0 radical (unpaired) electrons. The maximum atomic E-state index is 13.0. The van der Waals surface area contributed by atoms with Gasteiger partial charge in [0.25, 0.3) is 15.9 Å². The summed E-state index contributed by atoms with van der Waals surface area (Å²) in [5, 5.41) is 4.53. The second kappa shape index (κ2) is 8.52. The fraction of sp³-hybridized carbons (Fsp3) is 0.182. The van der Waals surface area contributed by atoms with Crippen LogP contribution in [0.4, 0.5) is 11.4 Å². The monoisotopic (exact) mass is 456 g/mol. The molecule has 0 fully saturated rings. The van der Waals surface area contributed by atoms with E-state index in [2.05, 4.69) is 5.32 Å². The van der Waals surface area contributed by atoms with Crippen molar-refractivity contribution in [2.75, 3.05) is 23.3 Å². The summed E-state index contributed by atoms with van der Waals surface area (Å²) in [5.74, 6) is -1.04. The number of hydrogen-bond donors (Lipinski definition) is 1. The highest BCUT2D eigenvalue weighted by atomic mass is 32.2. The maximum absolute atomic E-state index is 13.0. The highest BCUT2D eigenvalue weighted by molar-refractivity contribution is 7.94. The largest absolute Gasteiger partial charge is 0.465 e. The van der Waals surface area contributed by atoms with Gasteiger partial charge in [0.05, 0.1) is 23.9 Å². The topological polar surface area (TPSA) is 92.8 Å². The van der Waals surface area contributed by atoms with Gasteiger partial charge in [0.15, 0.2) is 0 Å². The van der Waals surface area contributed by atoms with Crippen LogP contribution in [0.5, 0.6) is 0 Å². The van der Waals surface area contributed by atoms with Gasteiger partial charge in [-0.2, -0.15) is 0 Å². The van der Waals surface area contributed by atoms with E-state index < -0.39 is 21.9 Å². The maximum Gasteiger partial charge on any atom is 0.338 e. The summed E-state index contributed by atoms with van der Waals surface area (Å²) in [6.45, 7) is 0.408. The number of esters is 1. The summed E-state index contributed by atoms with van der Waals surface area (Å²) >= 11 is 1.19. The number of thiophene rings is 1. The normalized spacial score (nSPS) is 13.4. The first kappa shape index (κ1) is 21.1. The van der Waals surface area contributed by atoms with Crippen molar-refractivity contribution >= 4 is 44.6 Å². The van der Waals surface area contributed by atoms with Crippen LogP contribution in [0.15, 0.2) is 64.2 Å². The third kappa shape index (κ3) is 4.06. The number of ether oxygens (including phenoxy) is 1. The smallest absolute Gasteiger partial charge is 0.338 e. The lowest BCUT2D eigenvalue weighted by Gasteiger charge is -2.30. The molecule has 4 rings (SSSR count). The minimum atomic E-state index is -3.62. The third-order valence-electron chi connectivity index (χ3n) is 5.03. The van der Waals surface area contributed by atoms with Crippen molar-refractivity contribution in [1.82, 2.24) is 0 Å². The average molecular weight is 457 g/mol. The Kier molecular flexibility index (Phi) is 5.79. The van der Waals surface area contributed by atoms with Gasteiger partial charge in [0.2, 0.25) is 0 Å². The van der Waals surface area contributed by atoms with Crippen LogP contribution in [0.3, 0.4) is 0 Å². The van der Waals surface area contributed by atoms with Gasteiger partial charge in [-0.15, -0.1) is 11.3 Å². The molecule has 2 aromatic carbocycles. The minimum Gasteiger partial charge on any atom is -0.465 e. The number of rotatable bonds is 5. The molecule has 3 aromatic rings. The first-order valence-electron chi connectivity index (χ1n) is 9.59. The number of carbonyl (C=O) groups excluding carboxylic acids is 2. The van der Waals surface area contributed by atoms with E-state index in [-0.39, 0.29) is 11.1 Å². The Hall–Kier alpha value is -3.17. The quantitative estimate of drug-likeness (QED) is 0.587. The van der Waals surface area contributed by atoms with Crippen LogP contribution in [0.25, 0.3) is 0 Å². The number of aryl methyl sites for hydroxylation is 1. The van der Waals surface area contributed by atoms with Crippen LogP contribution in [0.2, 0.25) is 0 Å². The Balaban J connectivity index is 1.61. The van der Waals surface area contributed by atoms with Crippen molar-refractivity contribution in [2.45, 2.75) is 17.1 Å². The summed E-state index contributed by atoms with van der Waals surface area (Å²) in [6, 6.07) is 14.9. The second-order valence-electron chi connectivity index (χ2n) is 6.95. The number of amides is 1. The Morgan fingerprint density at radius 3 is 2.55 bits per heavy atom. The van der Waals surface area contributed by atoms with E-state index in [4.69, 9.17) is 4.74 Å². The van der Waals surface area contributed by atoms with Crippen LogP contribution in [-0.2, 0) is 21.2 Å². The number of fused-ring (bicyclic) bond motifs is 1. The molecule has 0 spiro atoms. The molecule has 9 heteroatoms. The predicted octanol–water partition coefficient (Wildman–Crippen LogP) is 3.93. The molecule has 0 saturated heterocycles. The molecule has 1 amide bonds. The zero-order valence-corrected chi connectivity index (χ0v) is 18.3. The van der Waals surface area contributed by atoms with Crippen molar-refractivity contribution < 1.29 is 22.7 Å². The van der Waals surface area contributed by atoms with Gasteiger partial charge in [0, 0.05) is 12.2 Å². The summed E-state index contributed by atoms with van der Waals surface area (Å²) < 4.78 is 32.5. The van der Waals surface area contributed by atoms with E-state index >= 15 is 0 Å². The molecule has 31 heavy (non-hydrogen) atoms. The fourth-order valence-electron chi connectivity index (χ4n) is 3.58. The molecule has 7 nitrogen and oxygen atoms in total. The number of nitrogens with one attached hydrogen (secondary N) is 1. The molecule has 1 aliphatic rings.